The highest BCUT2D eigenvalue weighted by Crippen LogP contribution is 2.22. The van der Waals surface area contributed by atoms with Crippen LogP contribution < -0.4 is 10.6 Å². The Balaban J connectivity index is 1.93. The highest BCUT2D eigenvalue weighted by Gasteiger charge is 2.06. The van der Waals surface area contributed by atoms with Crippen LogP contribution in [0.15, 0.2) is 41.0 Å². The number of ether oxygens (including phenoxy) is 1. The Hall–Kier alpha value is -1.92. The fraction of sp³-hybridized carbons (Fsp3) is 0.294. The molecule has 122 valence electrons. The number of hydrogen-bond donors (Lipinski definition) is 2. The standard InChI is InChI=1S/C17H20BrN3O2/c1-12-10-13(4-6-15(12)18)21-14-5-7-16(20-11-14)17(22)19-8-3-9-23-2/h4-7,10-11,21H,3,8-9H2,1-2H3,(H,19,22). The third kappa shape index (κ3) is 5.33. The van der Waals surface area contributed by atoms with E-state index in [9.17, 15) is 4.79 Å². The van der Waals surface area contributed by atoms with Crippen LogP contribution in [0.1, 0.15) is 22.5 Å². The number of nitrogens with one attached hydrogen (secondary N) is 2. The van der Waals surface area contributed by atoms with Gasteiger partial charge < -0.3 is 15.4 Å². The topological polar surface area (TPSA) is 63.2 Å². The number of pyridine rings is 1. The Morgan fingerprint density at radius 1 is 1.26 bits per heavy atom. The zero-order valence-electron chi connectivity index (χ0n) is 13.2. The molecule has 0 spiro atoms. The van der Waals surface area contributed by atoms with Gasteiger partial charge >= 0.3 is 0 Å². The Morgan fingerprint density at radius 3 is 2.70 bits per heavy atom. The molecule has 0 atom stereocenters. The summed E-state index contributed by atoms with van der Waals surface area (Å²) < 4.78 is 6.01. The normalized spacial score (nSPS) is 10.4. The Kier molecular flexibility index (Phi) is 6.55. The lowest BCUT2D eigenvalue weighted by molar-refractivity contribution is 0.0943. The molecular formula is C17H20BrN3O2. The van der Waals surface area contributed by atoms with Crippen LogP contribution in [0.5, 0.6) is 0 Å². The van der Waals surface area contributed by atoms with Crippen molar-refractivity contribution in [1.29, 1.82) is 0 Å². The molecule has 5 nitrogen and oxygen atoms in total. The Bertz CT molecular complexity index is 659. The second-order valence-corrected chi connectivity index (χ2v) is 5.98. The zero-order chi connectivity index (χ0) is 16.7. The third-order valence-electron chi connectivity index (χ3n) is 3.25. The van der Waals surface area contributed by atoms with Crippen LogP contribution in [0.2, 0.25) is 0 Å². The predicted molar refractivity (Wildman–Crippen MR) is 95.2 cm³/mol. The number of methoxy groups -OCH3 is 1. The fourth-order valence-electron chi connectivity index (χ4n) is 2.00. The van der Waals surface area contributed by atoms with Crippen molar-refractivity contribution in [3.8, 4) is 0 Å². The molecule has 0 unspecified atom stereocenters. The minimum Gasteiger partial charge on any atom is -0.385 e. The van der Waals surface area contributed by atoms with Gasteiger partial charge in [-0.15, -0.1) is 0 Å². The summed E-state index contributed by atoms with van der Waals surface area (Å²) in [6, 6.07) is 9.56. The first-order chi connectivity index (χ1) is 11.1. The van der Waals surface area contributed by atoms with Gasteiger partial charge in [-0.25, -0.2) is 4.98 Å². The maximum Gasteiger partial charge on any atom is 0.269 e. The molecule has 0 saturated heterocycles. The van der Waals surface area contributed by atoms with Gasteiger partial charge in [0.15, 0.2) is 0 Å². The lowest BCUT2D eigenvalue weighted by Gasteiger charge is -2.09. The summed E-state index contributed by atoms with van der Waals surface area (Å²) in [4.78, 5) is 16.1. The van der Waals surface area contributed by atoms with Gasteiger partial charge in [-0.1, -0.05) is 15.9 Å². The quantitative estimate of drug-likeness (QED) is 0.722. The van der Waals surface area contributed by atoms with E-state index in [0.717, 1.165) is 27.8 Å². The highest BCUT2D eigenvalue weighted by atomic mass is 79.9. The summed E-state index contributed by atoms with van der Waals surface area (Å²) in [5.74, 6) is -0.174. The van der Waals surface area contributed by atoms with Crippen LogP contribution in [-0.2, 0) is 4.74 Å². The van der Waals surface area contributed by atoms with E-state index in [2.05, 4.69) is 31.5 Å². The Labute approximate surface area is 144 Å². The summed E-state index contributed by atoms with van der Waals surface area (Å²) in [5.41, 5.74) is 3.36. The van der Waals surface area contributed by atoms with E-state index < -0.39 is 0 Å². The van der Waals surface area contributed by atoms with Gasteiger partial charge in [0.05, 0.1) is 11.9 Å². The smallest absolute Gasteiger partial charge is 0.269 e. The van der Waals surface area contributed by atoms with E-state index in [1.165, 1.54) is 0 Å². The van der Waals surface area contributed by atoms with Gasteiger partial charge in [0.2, 0.25) is 0 Å². The number of amides is 1. The van der Waals surface area contributed by atoms with Crippen molar-refractivity contribution in [3.63, 3.8) is 0 Å². The minimum absolute atomic E-state index is 0.174. The number of halogens is 1. The van der Waals surface area contributed by atoms with Crippen LogP contribution in [-0.4, -0.2) is 31.2 Å². The molecule has 1 amide bonds. The van der Waals surface area contributed by atoms with Crippen molar-refractivity contribution < 1.29 is 9.53 Å². The molecule has 0 aliphatic heterocycles. The monoisotopic (exact) mass is 377 g/mol. The van der Waals surface area contributed by atoms with E-state index in [4.69, 9.17) is 4.74 Å². The molecule has 1 aromatic heterocycles. The number of benzene rings is 1. The second kappa shape index (κ2) is 8.64. The van der Waals surface area contributed by atoms with Crippen molar-refractivity contribution in [3.05, 3.63) is 52.3 Å². The van der Waals surface area contributed by atoms with Gasteiger partial charge in [-0.05, 0) is 49.2 Å². The average Bonchev–Trinajstić information content (AvgIpc) is 2.55. The maximum absolute atomic E-state index is 11.9. The fourth-order valence-corrected chi connectivity index (χ4v) is 2.25. The number of aryl methyl sites for hydroxylation is 1. The summed E-state index contributed by atoms with van der Waals surface area (Å²) in [6.07, 6.45) is 2.44. The average molecular weight is 378 g/mol. The number of hydrogen-bond acceptors (Lipinski definition) is 4. The predicted octanol–water partition coefficient (Wildman–Crippen LogP) is 3.66. The lowest BCUT2D eigenvalue weighted by atomic mass is 10.2. The molecule has 1 aromatic carbocycles. The van der Waals surface area contributed by atoms with Gasteiger partial charge in [0, 0.05) is 30.4 Å². The number of carbonyl (C=O) groups excluding carboxylic acids is 1. The first-order valence-corrected chi connectivity index (χ1v) is 8.16. The second-order valence-electron chi connectivity index (χ2n) is 5.12. The molecule has 0 radical (unpaired) electrons. The molecule has 0 aliphatic rings. The molecule has 0 bridgehead atoms. The van der Waals surface area contributed by atoms with Crippen LogP contribution >= 0.6 is 15.9 Å². The van der Waals surface area contributed by atoms with E-state index in [-0.39, 0.29) is 5.91 Å². The molecule has 23 heavy (non-hydrogen) atoms. The number of carbonyl (C=O) groups is 1. The van der Waals surface area contributed by atoms with Gasteiger partial charge in [-0.2, -0.15) is 0 Å². The van der Waals surface area contributed by atoms with Crippen molar-refractivity contribution in [2.24, 2.45) is 0 Å². The largest absolute Gasteiger partial charge is 0.385 e. The summed E-state index contributed by atoms with van der Waals surface area (Å²) in [6.45, 7) is 3.24. The highest BCUT2D eigenvalue weighted by molar-refractivity contribution is 9.10. The van der Waals surface area contributed by atoms with Crippen molar-refractivity contribution >= 4 is 33.2 Å². The van der Waals surface area contributed by atoms with Crippen LogP contribution in [0.4, 0.5) is 11.4 Å². The van der Waals surface area contributed by atoms with E-state index in [1.807, 2.05) is 31.2 Å². The molecule has 0 fully saturated rings. The number of nitrogens with zero attached hydrogens (tertiary/aromatic N) is 1. The molecule has 6 heteroatoms. The van der Waals surface area contributed by atoms with Gasteiger partial charge in [0.25, 0.3) is 5.91 Å². The van der Waals surface area contributed by atoms with E-state index >= 15 is 0 Å². The zero-order valence-corrected chi connectivity index (χ0v) is 14.8. The molecule has 0 aliphatic carbocycles. The van der Waals surface area contributed by atoms with Crippen molar-refractivity contribution in [2.75, 3.05) is 25.6 Å². The van der Waals surface area contributed by atoms with Crippen LogP contribution in [0.3, 0.4) is 0 Å². The summed E-state index contributed by atoms with van der Waals surface area (Å²) >= 11 is 3.48. The van der Waals surface area contributed by atoms with Crippen molar-refractivity contribution in [1.82, 2.24) is 10.3 Å². The number of anilines is 2. The van der Waals surface area contributed by atoms with Crippen molar-refractivity contribution in [2.45, 2.75) is 13.3 Å². The number of rotatable bonds is 7. The SMILES string of the molecule is COCCCNC(=O)c1ccc(Nc2ccc(Br)c(C)c2)cn1. The first kappa shape index (κ1) is 17.4. The van der Waals surface area contributed by atoms with Gasteiger partial charge in [0.1, 0.15) is 5.69 Å². The maximum atomic E-state index is 11.9. The van der Waals surface area contributed by atoms with Gasteiger partial charge in [-0.3, -0.25) is 4.79 Å². The molecule has 2 aromatic rings. The third-order valence-corrected chi connectivity index (χ3v) is 4.14. The lowest BCUT2D eigenvalue weighted by Crippen LogP contribution is -2.26. The molecule has 0 saturated carbocycles. The summed E-state index contributed by atoms with van der Waals surface area (Å²) in [7, 11) is 1.64. The van der Waals surface area contributed by atoms with Crippen LogP contribution in [0.25, 0.3) is 0 Å². The molecule has 2 rings (SSSR count). The number of aromatic nitrogens is 1. The molecular weight excluding hydrogens is 358 g/mol. The van der Waals surface area contributed by atoms with E-state index in [1.54, 1.807) is 19.4 Å². The van der Waals surface area contributed by atoms with E-state index in [0.29, 0.717) is 18.8 Å². The summed E-state index contributed by atoms with van der Waals surface area (Å²) in [5, 5.41) is 6.08. The minimum atomic E-state index is -0.174. The van der Waals surface area contributed by atoms with Crippen LogP contribution in [0, 0.1) is 6.92 Å². The Morgan fingerprint density at radius 2 is 2.04 bits per heavy atom. The first-order valence-electron chi connectivity index (χ1n) is 7.36. The molecule has 2 N–H and O–H groups in total. The molecule has 1 heterocycles.